The molecule has 1 amide bonds. The molecule has 0 spiro atoms. The van der Waals surface area contributed by atoms with Crippen LogP contribution in [0.25, 0.3) is 11.3 Å². The molecule has 1 aromatic carbocycles. The second-order valence-corrected chi connectivity index (χ2v) is 5.42. The number of carbonyl (C=O) groups is 1. The minimum atomic E-state index is -0.284. The molecular weight excluding hydrogens is 285 g/mol. The number of rotatable bonds is 3. The van der Waals surface area contributed by atoms with Crippen LogP contribution in [0.2, 0.25) is 0 Å². The van der Waals surface area contributed by atoms with Crippen LogP contribution in [0.3, 0.4) is 0 Å². The first-order chi connectivity index (χ1) is 10.6. The molecule has 0 bridgehead atoms. The van der Waals surface area contributed by atoms with Crippen molar-refractivity contribution in [1.29, 1.82) is 0 Å². The third-order valence-electron chi connectivity index (χ3n) is 3.87. The number of hydrogen-bond acceptors (Lipinski definition) is 4. The minimum Gasteiger partial charge on any atom is -0.439 e. The molecule has 22 heavy (non-hydrogen) atoms. The van der Waals surface area contributed by atoms with E-state index in [1.165, 1.54) is 12.1 Å². The SMILES string of the molecule is CC1C(=O)NCCCN1Cc1ncc(-c2ccc(F)cc2)o1. The van der Waals surface area contributed by atoms with E-state index in [1.807, 2.05) is 11.8 Å². The third kappa shape index (κ3) is 3.17. The normalized spacial score (nSPS) is 19.7. The van der Waals surface area contributed by atoms with Gasteiger partial charge < -0.3 is 9.73 Å². The van der Waals surface area contributed by atoms with Gasteiger partial charge in [-0.3, -0.25) is 9.69 Å². The van der Waals surface area contributed by atoms with Crippen LogP contribution in [0.4, 0.5) is 4.39 Å². The van der Waals surface area contributed by atoms with Gasteiger partial charge in [-0.1, -0.05) is 0 Å². The maximum absolute atomic E-state index is 12.9. The van der Waals surface area contributed by atoms with Crippen molar-refractivity contribution in [2.24, 2.45) is 0 Å². The monoisotopic (exact) mass is 303 g/mol. The van der Waals surface area contributed by atoms with Gasteiger partial charge in [-0.2, -0.15) is 0 Å². The van der Waals surface area contributed by atoms with Crippen LogP contribution in [-0.2, 0) is 11.3 Å². The number of oxazole rings is 1. The lowest BCUT2D eigenvalue weighted by molar-refractivity contribution is -0.125. The van der Waals surface area contributed by atoms with E-state index < -0.39 is 0 Å². The van der Waals surface area contributed by atoms with E-state index in [1.54, 1.807) is 18.3 Å². The van der Waals surface area contributed by atoms with Gasteiger partial charge in [0.05, 0.1) is 18.8 Å². The van der Waals surface area contributed by atoms with Gasteiger partial charge in [0.2, 0.25) is 11.8 Å². The number of halogens is 1. The van der Waals surface area contributed by atoms with E-state index >= 15 is 0 Å². The number of benzene rings is 1. The minimum absolute atomic E-state index is 0.0304. The van der Waals surface area contributed by atoms with Gasteiger partial charge in [-0.05, 0) is 37.6 Å². The predicted octanol–water partition coefficient (Wildman–Crippen LogP) is 2.19. The lowest BCUT2D eigenvalue weighted by Gasteiger charge is -2.23. The maximum atomic E-state index is 12.9. The Morgan fingerprint density at radius 2 is 2.18 bits per heavy atom. The van der Waals surface area contributed by atoms with Gasteiger partial charge in [0.25, 0.3) is 0 Å². The molecule has 1 atom stereocenters. The lowest BCUT2D eigenvalue weighted by atomic mass is 10.2. The molecule has 6 heteroatoms. The van der Waals surface area contributed by atoms with Gasteiger partial charge in [-0.25, -0.2) is 9.37 Å². The summed E-state index contributed by atoms with van der Waals surface area (Å²) < 4.78 is 18.7. The molecule has 2 aromatic rings. The Kier molecular flexibility index (Phi) is 4.20. The molecule has 0 aliphatic carbocycles. The standard InChI is InChI=1S/C16H18FN3O2/c1-11-16(21)18-7-2-8-20(11)10-15-19-9-14(22-15)12-3-5-13(17)6-4-12/h3-6,9,11H,2,7-8,10H2,1H3,(H,18,21). The van der Waals surface area contributed by atoms with E-state index in [0.717, 1.165) is 18.5 Å². The third-order valence-corrected chi connectivity index (χ3v) is 3.87. The van der Waals surface area contributed by atoms with E-state index in [-0.39, 0.29) is 17.8 Å². The van der Waals surface area contributed by atoms with Gasteiger partial charge in [0.1, 0.15) is 5.82 Å². The topological polar surface area (TPSA) is 58.4 Å². The highest BCUT2D eigenvalue weighted by atomic mass is 19.1. The smallest absolute Gasteiger partial charge is 0.237 e. The molecule has 1 aliphatic rings. The van der Waals surface area contributed by atoms with Crippen LogP contribution < -0.4 is 5.32 Å². The van der Waals surface area contributed by atoms with Crippen molar-refractivity contribution in [3.8, 4) is 11.3 Å². The van der Waals surface area contributed by atoms with Crippen molar-refractivity contribution in [2.45, 2.75) is 25.9 Å². The Labute approximate surface area is 128 Å². The summed E-state index contributed by atoms with van der Waals surface area (Å²) in [5.74, 6) is 0.901. The van der Waals surface area contributed by atoms with Crippen molar-refractivity contribution in [3.05, 3.63) is 42.2 Å². The van der Waals surface area contributed by atoms with Crippen LogP contribution in [-0.4, -0.2) is 34.9 Å². The van der Waals surface area contributed by atoms with Crippen LogP contribution in [0, 0.1) is 5.82 Å². The summed E-state index contributed by atoms with van der Waals surface area (Å²) in [7, 11) is 0. The van der Waals surface area contributed by atoms with E-state index in [0.29, 0.717) is 24.7 Å². The van der Waals surface area contributed by atoms with Crippen LogP contribution in [0.15, 0.2) is 34.9 Å². The predicted molar refractivity (Wildman–Crippen MR) is 79.4 cm³/mol. The fourth-order valence-corrected chi connectivity index (χ4v) is 2.52. The maximum Gasteiger partial charge on any atom is 0.237 e. The Morgan fingerprint density at radius 3 is 2.95 bits per heavy atom. The molecule has 1 N–H and O–H groups in total. The van der Waals surface area contributed by atoms with Gasteiger partial charge in [0.15, 0.2) is 5.76 Å². The Bertz CT molecular complexity index is 654. The van der Waals surface area contributed by atoms with Crippen molar-refractivity contribution >= 4 is 5.91 Å². The first-order valence-corrected chi connectivity index (χ1v) is 7.36. The number of aromatic nitrogens is 1. The molecule has 3 rings (SSSR count). The fourth-order valence-electron chi connectivity index (χ4n) is 2.52. The largest absolute Gasteiger partial charge is 0.439 e. The first-order valence-electron chi connectivity index (χ1n) is 7.36. The number of hydrogen-bond donors (Lipinski definition) is 1. The summed E-state index contributed by atoms with van der Waals surface area (Å²) in [4.78, 5) is 18.1. The molecule has 1 unspecified atom stereocenters. The molecule has 2 heterocycles. The molecule has 0 saturated carbocycles. The second-order valence-electron chi connectivity index (χ2n) is 5.42. The molecule has 1 saturated heterocycles. The zero-order valence-corrected chi connectivity index (χ0v) is 12.4. The second kappa shape index (κ2) is 6.27. The Morgan fingerprint density at radius 1 is 1.41 bits per heavy atom. The molecule has 116 valence electrons. The van der Waals surface area contributed by atoms with Gasteiger partial charge in [0, 0.05) is 18.7 Å². The summed E-state index contributed by atoms with van der Waals surface area (Å²) in [5, 5.41) is 2.88. The summed E-state index contributed by atoms with van der Waals surface area (Å²) in [5.41, 5.74) is 0.779. The summed E-state index contributed by atoms with van der Waals surface area (Å²) in [6.45, 7) is 3.88. The molecule has 1 aliphatic heterocycles. The van der Waals surface area contributed by atoms with Crippen LogP contribution >= 0.6 is 0 Å². The highest BCUT2D eigenvalue weighted by Crippen LogP contribution is 2.21. The van der Waals surface area contributed by atoms with Gasteiger partial charge in [-0.15, -0.1) is 0 Å². The van der Waals surface area contributed by atoms with Crippen molar-refractivity contribution < 1.29 is 13.6 Å². The average molecular weight is 303 g/mol. The average Bonchev–Trinajstić information content (AvgIpc) is 2.92. The van der Waals surface area contributed by atoms with Crippen molar-refractivity contribution in [3.63, 3.8) is 0 Å². The number of nitrogens with one attached hydrogen (secondary N) is 1. The first kappa shape index (κ1) is 14.7. The summed E-state index contributed by atoms with van der Waals surface area (Å²) in [6, 6.07) is 5.88. The highest BCUT2D eigenvalue weighted by molar-refractivity contribution is 5.81. The van der Waals surface area contributed by atoms with Crippen molar-refractivity contribution in [1.82, 2.24) is 15.2 Å². The zero-order chi connectivity index (χ0) is 15.5. The molecule has 5 nitrogen and oxygen atoms in total. The quantitative estimate of drug-likeness (QED) is 0.944. The van der Waals surface area contributed by atoms with E-state index in [9.17, 15) is 9.18 Å². The highest BCUT2D eigenvalue weighted by Gasteiger charge is 2.25. The van der Waals surface area contributed by atoms with Crippen molar-refractivity contribution in [2.75, 3.05) is 13.1 Å². The molecule has 0 radical (unpaired) electrons. The number of nitrogens with zero attached hydrogens (tertiary/aromatic N) is 2. The Balaban J connectivity index is 1.73. The molecule has 1 aromatic heterocycles. The van der Waals surface area contributed by atoms with E-state index in [4.69, 9.17) is 4.42 Å². The summed E-state index contributed by atoms with van der Waals surface area (Å²) in [6.07, 6.45) is 2.53. The van der Waals surface area contributed by atoms with Crippen LogP contribution in [0.1, 0.15) is 19.2 Å². The summed E-state index contributed by atoms with van der Waals surface area (Å²) >= 11 is 0. The molecular formula is C16H18FN3O2. The van der Waals surface area contributed by atoms with E-state index in [2.05, 4.69) is 10.3 Å². The number of carbonyl (C=O) groups excluding carboxylic acids is 1. The zero-order valence-electron chi connectivity index (χ0n) is 12.4. The van der Waals surface area contributed by atoms with Crippen LogP contribution in [0.5, 0.6) is 0 Å². The fraction of sp³-hybridized carbons (Fsp3) is 0.375. The lowest BCUT2D eigenvalue weighted by Crippen LogP contribution is -2.41. The Hall–Kier alpha value is -2.21. The molecule has 1 fully saturated rings. The van der Waals surface area contributed by atoms with Gasteiger partial charge >= 0.3 is 0 Å². The number of amides is 1.